The predicted octanol–water partition coefficient (Wildman–Crippen LogP) is 3.18. The molecule has 0 saturated heterocycles. The summed E-state index contributed by atoms with van der Waals surface area (Å²) in [6, 6.07) is 10.1. The Bertz CT molecular complexity index is 822. The summed E-state index contributed by atoms with van der Waals surface area (Å²) in [6.45, 7) is 2.52. The molecule has 0 aliphatic rings. The van der Waals surface area contributed by atoms with Crippen molar-refractivity contribution in [3.05, 3.63) is 65.0 Å². The van der Waals surface area contributed by atoms with Crippen molar-refractivity contribution in [2.45, 2.75) is 25.4 Å². The number of hydrogen-bond acceptors (Lipinski definition) is 3. The molecule has 1 heterocycles. The van der Waals surface area contributed by atoms with Crippen LogP contribution in [0.2, 0.25) is 0 Å². The number of aryl methyl sites for hydroxylation is 1. The highest BCUT2D eigenvalue weighted by atomic mass is 19.4. The molecule has 2 rings (SSSR count). The first kappa shape index (κ1) is 19.4. The number of carboxylic acid groups (broad SMARTS) is 1. The zero-order valence-electron chi connectivity index (χ0n) is 14.1. The lowest BCUT2D eigenvalue weighted by Gasteiger charge is -2.25. The van der Waals surface area contributed by atoms with Crippen LogP contribution in [-0.4, -0.2) is 28.5 Å². The van der Waals surface area contributed by atoms with Crippen LogP contribution in [0.25, 0.3) is 0 Å². The molecule has 0 aliphatic heterocycles. The van der Waals surface area contributed by atoms with Gasteiger partial charge in [0.1, 0.15) is 11.1 Å². The van der Waals surface area contributed by atoms with E-state index in [9.17, 15) is 27.9 Å². The topological polar surface area (TPSA) is 79.3 Å². The molecule has 1 amide bonds. The normalized spacial score (nSPS) is 13.7. The van der Waals surface area contributed by atoms with Crippen molar-refractivity contribution in [3.8, 4) is 0 Å². The molecule has 2 aromatic rings. The van der Waals surface area contributed by atoms with Crippen LogP contribution in [-0.2, 0) is 16.4 Å². The Morgan fingerprint density at radius 1 is 1.12 bits per heavy atom. The van der Waals surface area contributed by atoms with Crippen LogP contribution in [0, 0.1) is 6.92 Å². The Hall–Kier alpha value is -2.90. The second-order valence-electron chi connectivity index (χ2n) is 6.01. The van der Waals surface area contributed by atoms with Gasteiger partial charge in [-0.15, -0.1) is 0 Å². The van der Waals surface area contributed by atoms with Crippen molar-refractivity contribution in [2.75, 3.05) is 6.54 Å². The molecular formula is C18H17F3N2O3. The lowest BCUT2D eigenvalue weighted by Crippen LogP contribution is -2.44. The number of carboxylic acids is 1. The molecule has 1 atom stereocenters. The van der Waals surface area contributed by atoms with Crippen LogP contribution in [0.5, 0.6) is 0 Å². The quantitative estimate of drug-likeness (QED) is 0.852. The van der Waals surface area contributed by atoms with Crippen molar-refractivity contribution < 1.29 is 27.9 Å². The number of carbonyl (C=O) groups is 2. The van der Waals surface area contributed by atoms with Gasteiger partial charge in [0.15, 0.2) is 0 Å². The van der Waals surface area contributed by atoms with Crippen LogP contribution in [0.1, 0.15) is 34.2 Å². The Morgan fingerprint density at radius 3 is 2.23 bits per heavy atom. The van der Waals surface area contributed by atoms with Crippen molar-refractivity contribution in [3.63, 3.8) is 0 Å². The number of benzene rings is 1. The molecule has 1 unspecified atom stereocenters. The number of nitrogens with zero attached hydrogens (tertiary/aromatic N) is 1. The first-order valence-corrected chi connectivity index (χ1v) is 7.67. The van der Waals surface area contributed by atoms with Gasteiger partial charge in [-0.3, -0.25) is 9.59 Å². The number of rotatable bonds is 5. The van der Waals surface area contributed by atoms with Gasteiger partial charge in [-0.25, -0.2) is 4.98 Å². The van der Waals surface area contributed by atoms with E-state index in [0.29, 0.717) is 5.56 Å². The Labute approximate surface area is 147 Å². The first-order chi connectivity index (χ1) is 12.1. The zero-order valence-corrected chi connectivity index (χ0v) is 14.1. The number of aliphatic carboxylic acids is 1. The highest BCUT2D eigenvalue weighted by Gasteiger charge is 2.36. The molecule has 5 nitrogen and oxygen atoms in total. The number of hydrogen-bond donors (Lipinski definition) is 2. The molecule has 8 heteroatoms. The largest absolute Gasteiger partial charge is 0.481 e. The summed E-state index contributed by atoms with van der Waals surface area (Å²) >= 11 is 0. The number of pyridine rings is 1. The minimum absolute atomic E-state index is 0.0428. The summed E-state index contributed by atoms with van der Waals surface area (Å²) < 4.78 is 38.0. The molecule has 0 radical (unpaired) electrons. The maximum Gasteiger partial charge on any atom is 0.433 e. The molecule has 26 heavy (non-hydrogen) atoms. The van der Waals surface area contributed by atoms with E-state index in [-0.39, 0.29) is 17.8 Å². The van der Waals surface area contributed by atoms with E-state index in [0.717, 1.165) is 12.1 Å². The summed E-state index contributed by atoms with van der Waals surface area (Å²) in [7, 11) is 0. The Balaban J connectivity index is 2.21. The van der Waals surface area contributed by atoms with Crippen LogP contribution >= 0.6 is 0 Å². The molecule has 0 aliphatic carbocycles. The molecule has 1 aromatic heterocycles. The maximum atomic E-state index is 12.7. The summed E-state index contributed by atoms with van der Waals surface area (Å²) in [5.74, 6) is -1.82. The monoisotopic (exact) mass is 366 g/mol. The minimum Gasteiger partial charge on any atom is -0.481 e. The maximum absolute atomic E-state index is 12.7. The second kappa shape index (κ2) is 7.15. The van der Waals surface area contributed by atoms with E-state index in [1.165, 1.54) is 13.8 Å². The zero-order chi connectivity index (χ0) is 19.5. The van der Waals surface area contributed by atoms with Gasteiger partial charge in [-0.05, 0) is 31.5 Å². The van der Waals surface area contributed by atoms with Crippen molar-refractivity contribution in [2.24, 2.45) is 0 Å². The predicted molar refractivity (Wildman–Crippen MR) is 87.7 cm³/mol. The second-order valence-corrected chi connectivity index (χ2v) is 6.01. The average Bonchev–Trinajstić information content (AvgIpc) is 2.59. The summed E-state index contributed by atoms with van der Waals surface area (Å²) in [5, 5.41) is 12.0. The average molecular weight is 366 g/mol. The lowest BCUT2D eigenvalue weighted by molar-refractivity contribution is -0.143. The fraction of sp³-hybridized carbons (Fsp3) is 0.278. The van der Waals surface area contributed by atoms with E-state index in [4.69, 9.17) is 0 Å². The number of amides is 1. The third kappa shape index (κ3) is 4.01. The fourth-order valence-corrected chi connectivity index (χ4v) is 2.42. The van der Waals surface area contributed by atoms with Gasteiger partial charge in [0.05, 0.1) is 11.3 Å². The van der Waals surface area contributed by atoms with Crippen LogP contribution < -0.4 is 5.32 Å². The van der Waals surface area contributed by atoms with Crippen molar-refractivity contribution >= 4 is 11.9 Å². The van der Waals surface area contributed by atoms with Gasteiger partial charge >= 0.3 is 12.1 Å². The summed E-state index contributed by atoms with van der Waals surface area (Å²) in [5.41, 5.74) is -2.11. The van der Waals surface area contributed by atoms with Gasteiger partial charge < -0.3 is 10.4 Å². The molecule has 0 spiro atoms. The van der Waals surface area contributed by atoms with Gasteiger partial charge in [-0.2, -0.15) is 13.2 Å². The van der Waals surface area contributed by atoms with Crippen molar-refractivity contribution in [1.82, 2.24) is 10.3 Å². The van der Waals surface area contributed by atoms with E-state index in [1.807, 2.05) is 0 Å². The van der Waals surface area contributed by atoms with E-state index >= 15 is 0 Å². The van der Waals surface area contributed by atoms with E-state index in [2.05, 4.69) is 10.3 Å². The Kier molecular flexibility index (Phi) is 5.34. The highest BCUT2D eigenvalue weighted by molar-refractivity contribution is 5.95. The smallest absolute Gasteiger partial charge is 0.433 e. The van der Waals surface area contributed by atoms with Crippen LogP contribution in [0.3, 0.4) is 0 Å². The first-order valence-electron chi connectivity index (χ1n) is 7.67. The highest BCUT2D eigenvalue weighted by Crippen LogP contribution is 2.28. The number of alkyl halides is 3. The number of nitrogens with one attached hydrogen (secondary N) is 1. The Morgan fingerprint density at radius 2 is 1.73 bits per heavy atom. The molecule has 0 bridgehead atoms. The summed E-state index contributed by atoms with van der Waals surface area (Å²) in [4.78, 5) is 27.4. The molecule has 0 saturated carbocycles. The minimum atomic E-state index is -4.60. The third-order valence-corrected chi connectivity index (χ3v) is 4.11. The van der Waals surface area contributed by atoms with Gasteiger partial charge in [0, 0.05) is 6.54 Å². The number of carbonyl (C=O) groups excluding carboxylic acids is 1. The van der Waals surface area contributed by atoms with E-state index < -0.39 is 29.2 Å². The molecule has 1 aromatic carbocycles. The number of aromatic nitrogens is 1. The SMILES string of the molecule is Cc1nc(C(F)(F)F)ccc1C(=O)NCC(C)(C(=O)O)c1ccccc1. The van der Waals surface area contributed by atoms with Gasteiger partial charge in [0.2, 0.25) is 0 Å². The van der Waals surface area contributed by atoms with Crippen LogP contribution in [0.4, 0.5) is 13.2 Å². The standard InChI is InChI=1S/C18H17F3N2O3/c1-11-13(8-9-14(23-11)18(19,20)21)15(24)22-10-17(2,16(25)26)12-6-4-3-5-7-12/h3-9H,10H2,1-2H3,(H,22,24)(H,25,26). The fourth-order valence-electron chi connectivity index (χ4n) is 2.42. The lowest BCUT2D eigenvalue weighted by atomic mass is 9.82. The van der Waals surface area contributed by atoms with Crippen molar-refractivity contribution in [1.29, 1.82) is 0 Å². The molecular weight excluding hydrogens is 349 g/mol. The van der Waals surface area contributed by atoms with E-state index in [1.54, 1.807) is 30.3 Å². The number of halogens is 3. The molecule has 0 fully saturated rings. The van der Waals surface area contributed by atoms with Crippen LogP contribution in [0.15, 0.2) is 42.5 Å². The molecule has 138 valence electrons. The third-order valence-electron chi connectivity index (χ3n) is 4.11. The van der Waals surface area contributed by atoms with Gasteiger partial charge in [-0.1, -0.05) is 30.3 Å². The molecule has 2 N–H and O–H groups in total. The summed E-state index contributed by atoms with van der Waals surface area (Å²) in [6.07, 6.45) is -4.60. The van der Waals surface area contributed by atoms with Gasteiger partial charge in [0.25, 0.3) is 5.91 Å².